The Labute approximate surface area is 122 Å². The van der Waals surface area contributed by atoms with Crippen LogP contribution in [-0.4, -0.2) is 11.0 Å². The molecule has 3 aliphatic rings. The molecule has 1 heterocycles. The molecular formula is C18H26N2. The summed E-state index contributed by atoms with van der Waals surface area (Å²) in [6.07, 6.45) is 4.54. The van der Waals surface area contributed by atoms with Gasteiger partial charge in [0.2, 0.25) is 0 Å². The van der Waals surface area contributed by atoms with Gasteiger partial charge in [0.1, 0.15) is 0 Å². The highest BCUT2D eigenvalue weighted by Gasteiger charge is 2.64. The first-order valence-corrected chi connectivity index (χ1v) is 8.27. The fraction of sp³-hybridized carbons (Fsp3) is 0.722. The molecule has 1 aromatic heterocycles. The van der Waals surface area contributed by atoms with Gasteiger partial charge in [0.25, 0.3) is 0 Å². The van der Waals surface area contributed by atoms with Gasteiger partial charge in [-0.25, -0.2) is 0 Å². The van der Waals surface area contributed by atoms with Gasteiger partial charge in [-0.3, -0.25) is 4.98 Å². The molecule has 2 heteroatoms. The molecule has 3 aliphatic carbocycles. The van der Waals surface area contributed by atoms with Crippen LogP contribution in [0.2, 0.25) is 0 Å². The van der Waals surface area contributed by atoms with Crippen molar-refractivity contribution in [1.82, 2.24) is 10.3 Å². The van der Waals surface area contributed by atoms with Crippen molar-refractivity contribution in [2.75, 3.05) is 0 Å². The van der Waals surface area contributed by atoms with E-state index in [2.05, 4.69) is 44.1 Å². The third kappa shape index (κ3) is 1.77. The van der Waals surface area contributed by atoms with Crippen molar-refractivity contribution in [2.45, 2.75) is 59.0 Å². The molecule has 4 rings (SSSR count). The summed E-state index contributed by atoms with van der Waals surface area (Å²) in [6.45, 7) is 8.80. The molecule has 1 N–H and O–H groups in total. The molecule has 0 radical (unpaired) electrons. The molecule has 1 aromatic rings. The fourth-order valence-electron chi connectivity index (χ4n) is 5.61. The minimum atomic E-state index is 0.443. The van der Waals surface area contributed by atoms with Gasteiger partial charge >= 0.3 is 0 Å². The van der Waals surface area contributed by atoms with E-state index in [1.165, 1.54) is 36.1 Å². The van der Waals surface area contributed by atoms with Crippen molar-refractivity contribution in [1.29, 1.82) is 0 Å². The molecule has 5 unspecified atom stereocenters. The predicted octanol–water partition coefficient (Wildman–Crippen LogP) is 3.70. The first-order chi connectivity index (χ1) is 9.56. The second-order valence-electron chi connectivity index (χ2n) is 7.48. The predicted molar refractivity (Wildman–Crippen MR) is 81.6 cm³/mol. The van der Waals surface area contributed by atoms with Crippen molar-refractivity contribution < 1.29 is 0 Å². The molecule has 0 aromatic carbocycles. The fourth-order valence-corrected chi connectivity index (χ4v) is 5.61. The van der Waals surface area contributed by atoms with Gasteiger partial charge in [0.05, 0.1) is 0 Å². The SMILES string of the molecule is Cc1cc(C)c(C(C)NC2C3C4CCC(C4)C23)c(C)n1. The summed E-state index contributed by atoms with van der Waals surface area (Å²) in [6, 6.07) is 3.47. The molecule has 2 nitrogen and oxygen atoms in total. The van der Waals surface area contributed by atoms with E-state index in [1.54, 1.807) is 0 Å². The Morgan fingerprint density at radius 2 is 1.80 bits per heavy atom. The lowest BCUT2D eigenvalue weighted by molar-refractivity contribution is 0.431. The average Bonchev–Trinajstić information content (AvgIpc) is 2.77. The lowest BCUT2D eigenvalue weighted by Gasteiger charge is -2.21. The van der Waals surface area contributed by atoms with Crippen LogP contribution in [0.1, 0.15) is 54.7 Å². The van der Waals surface area contributed by atoms with E-state index in [9.17, 15) is 0 Å². The second-order valence-corrected chi connectivity index (χ2v) is 7.48. The first kappa shape index (κ1) is 12.8. The van der Waals surface area contributed by atoms with Crippen LogP contribution in [0, 0.1) is 44.4 Å². The third-order valence-electron chi connectivity index (χ3n) is 6.19. The highest BCUT2D eigenvalue weighted by atomic mass is 15.0. The number of aromatic nitrogens is 1. The summed E-state index contributed by atoms with van der Waals surface area (Å²) in [5, 5.41) is 3.93. The van der Waals surface area contributed by atoms with Crippen LogP contribution in [0.5, 0.6) is 0 Å². The number of nitrogens with zero attached hydrogens (tertiary/aromatic N) is 1. The molecule has 5 atom stereocenters. The first-order valence-electron chi connectivity index (χ1n) is 8.27. The zero-order valence-corrected chi connectivity index (χ0v) is 13.1. The van der Waals surface area contributed by atoms with Gasteiger partial charge in [-0.05, 0) is 87.8 Å². The van der Waals surface area contributed by atoms with Crippen LogP contribution in [0.3, 0.4) is 0 Å². The van der Waals surface area contributed by atoms with Crippen molar-refractivity contribution in [3.05, 3.63) is 28.6 Å². The van der Waals surface area contributed by atoms with E-state index < -0.39 is 0 Å². The molecule has 20 heavy (non-hydrogen) atoms. The van der Waals surface area contributed by atoms with Crippen LogP contribution in [0.25, 0.3) is 0 Å². The van der Waals surface area contributed by atoms with Crippen molar-refractivity contribution in [3.8, 4) is 0 Å². The summed E-state index contributed by atoms with van der Waals surface area (Å²) < 4.78 is 0. The zero-order valence-electron chi connectivity index (χ0n) is 13.1. The van der Waals surface area contributed by atoms with Crippen molar-refractivity contribution in [2.24, 2.45) is 23.7 Å². The molecular weight excluding hydrogens is 244 g/mol. The van der Waals surface area contributed by atoms with Crippen LogP contribution in [0.15, 0.2) is 6.07 Å². The standard InChI is InChI=1S/C18H26N2/c1-9-7-10(2)19-11(3)15(9)12(4)20-18-16-13-5-6-14(8-13)17(16)18/h7,12-14,16-18,20H,5-6,8H2,1-4H3. The Hall–Kier alpha value is -0.890. The van der Waals surface area contributed by atoms with Crippen LogP contribution < -0.4 is 5.32 Å². The molecule has 3 saturated carbocycles. The lowest BCUT2D eigenvalue weighted by atomic mass is 9.99. The quantitative estimate of drug-likeness (QED) is 0.906. The Morgan fingerprint density at radius 3 is 2.40 bits per heavy atom. The summed E-state index contributed by atoms with van der Waals surface area (Å²) in [5.74, 6) is 4.12. The molecule has 0 amide bonds. The van der Waals surface area contributed by atoms with Crippen molar-refractivity contribution >= 4 is 0 Å². The minimum absolute atomic E-state index is 0.443. The van der Waals surface area contributed by atoms with Gasteiger partial charge < -0.3 is 5.32 Å². The highest BCUT2D eigenvalue weighted by Crippen LogP contribution is 2.65. The molecule has 0 spiro atoms. The van der Waals surface area contributed by atoms with Gasteiger partial charge in [0.15, 0.2) is 0 Å². The molecule has 108 valence electrons. The minimum Gasteiger partial charge on any atom is -0.307 e. The number of hydrogen-bond acceptors (Lipinski definition) is 2. The van der Waals surface area contributed by atoms with Crippen LogP contribution in [-0.2, 0) is 0 Å². The van der Waals surface area contributed by atoms with E-state index in [0.29, 0.717) is 6.04 Å². The van der Waals surface area contributed by atoms with Crippen LogP contribution in [0.4, 0.5) is 0 Å². The van der Waals surface area contributed by atoms with Gasteiger partial charge in [0, 0.05) is 23.5 Å². The maximum Gasteiger partial charge on any atom is 0.0426 e. The van der Waals surface area contributed by atoms with E-state index in [4.69, 9.17) is 0 Å². The van der Waals surface area contributed by atoms with Gasteiger partial charge in [-0.2, -0.15) is 0 Å². The summed E-state index contributed by atoms with van der Waals surface area (Å²) >= 11 is 0. The summed E-state index contributed by atoms with van der Waals surface area (Å²) in [5.41, 5.74) is 5.16. The average molecular weight is 270 g/mol. The maximum atomic E-state index is 4.66. The normalized spacial score (nSPS) is 38.9. The highest BCUT2D eigenvalue weighted by molar-refractivity contribution is 5.34. The number of nitrogens with one attached hydrogen (secondary N) is 1. The number of aryl methyl sites for hydroxylation is 3. The Balaban J connectivity index is 1.51. The number of rotatable bonds is 3. The summed E-state index contributed by atoms with van der Waals surface area (Å²) in [4.78, 5) is 4.66. The smallest absolute Gasteiger partial charge is 0.0426 e. The maximum absolute atomic E-state index is 4.66. The number of fused-ring (bicyclic) bond motifs is 5. The van der Waals surface area contributed by atoms with E-state index in [1.807, 2.05) is 0 Å². The Morgan fingerprint density at radius 1 is 1.15 bits per heavy atom. The zero-order chi connectivity index (χ0) is 14.0. The van der Waals surface area contributed by atoms with E-state index in [0.717, 1.165) is 35.4 Å². The van der Waals surface area contributed by atoms with Crippen molar-refractivity contribution in [3.63, 3.8) is 0 Å². The van der Waals surface area contributed by atoms with E-state index in [-0.39, 0.29) is 0 Å². The molecule has 3 fully saturated rings. The number of pyridine rings is 1. The van der Waals surface area contributed by atoms with Crippen LogP contribution >= 0.6 is 0 Å². The number of hydrogen-bond donors (Lipinski definition) is 1. The van der Waals surface area contributed by atoms with Gasteiger partial charge in [-0.1, -0.05) is 0 Å². The monoisotopic (exact) mass is 270 g/mol. The van der Waals surface area contributed by atoms with Gasteiger partial charge in [-0.15, -0.1) is 0 Å². The lowest BCUT2D eigenvalue weighted by Crippen LogP contribution is -2.27. The molecule has 0 saturated heterocycles. The molecule has 0 aliphatic heterocycles. The molecule has 2 bridgehead atoms. The summed E-state index contributed by atoms with van der Waals surface area (Å²) in [7, 11) is 0. The second kappa shape index (κ2) is 4.30. The Bertz CT molecular complexity index is 511. The van der Waals surface area contributed by atoms with E-state index >= 15 is 0 Å². The Kier molecular flexibility index (Phi) is 2.76. The largest absolute Gasteiger partial charge is 0.307 e. The topological polar surface area (TPSA) is 24.9 Å². The third-order valence-corrected chi connectivity index (χ3v) is 6.19.